The van der Waals surface area contributed by atoms with Gasteiger partial charge in [-0.1, -0.05) is 35.9 Å². The molecule has 26 heavy (non-hydrogen) atoms. The quantitative estimate of drug-likeness (QED) is 0.687. The van der Waals surface area contributed by atoms with Crippen molar-refractivity contribution in [2.45, 2.75) is 31.2 Å². The first-order valence-corrected chi connectivity index (χ1v) is 10.5. The van der Waals surface area contributed by atoms with E-state index >= 15 is 0 Å². The maximum Gasteiger partial charge on any atom is 0.0594 e. The second kappa shape index (κ2) is 10.0. The van der Waals surface area contributed by atoms with Gasteiger partial charge in [0.25, 0.3) is 0 Å². The lowest BCUT2D eigenvalue weighted by Crippen LogP contribution is -2.39. The van der Waals surface area contributed by atoms with Crippen molar-refractivity contribution in [3.8, 4) is 0 Å². The minimum Gasteiger partial charge on any atom is -0.381 e. The topological polar surface area (TPSA) is 24.5 Å². The van der Waals surface area contributed by atoms with E-state index in [1.807, 2.05) is 11.8 Å². The third kappa shape index (κ3) is 6.04. The highest BCUT2D eigenvalue weighted by molar-refractivity contribution is 7.99. The third-order valence-electron chi connectivity index (χ3n) is 4.83. The zero-order valence-corrected chi connectivity index (χ0v) is 16.7. The first-order chi connectivity index (χ1) is 12.7. The number of nitrogens with zero attached hydrogens (tertiary/aromatic N) is 1. The lowest BCUT2D eigenvalue weighted by atomic mass is 10.1. The fraction of sp³-hybridized carbons (Fsp3) is 0.455. The van der Waals surface area contributed by atoms with Crippen molar-refractivity contribution in [3.05, 3.63) is 59.7 Å². The number of aryl methyl sites for hydroxylation is 2. The average molecular weight is 371 g/mol. The molecule has 3 nitrogen and oxygen atoms in total. The molecule has 2 aromatic carbocycles. The Morgan fingerprint density at radius 3 is 2.58 bits per heavy atom. The van der Waals surface area contributed by atoms with Crippen molar-refractivity contribution >= 4 is 17.4 Å². The monoisotopic (exact) mass is 370 g/mol. The van der Waals surface area contributed by atoms with Crippen LogP contribution in [0.1, 0.15) is 17.5 Å². The highest BCUT2D eigenvalue weighted by Gasteiger charge is 2.15. The van der Waals surface area contributed by atoms with E-state index in [2.05, 4.69) is 72.6 Å². The molecular formula is C22H30N2OS. The highest BCUT2D eigenvalue weighted by Crippen LogP contribution is 2.23. The van der Waals surface area contributed by atoms with Crippen molar-refractivity contribution in [2.24, 2.45) is 0 Å². The molecule has 3 rings (SSSR count). The molecule has 0 radical (unpaired) electrons. The van der Waals surface area contributed by atoms with E-state index in [9.17, 15) is 0 Å². The summed E-state index contributed by atoms with van der Waals surface area (Å²) in [7, 11) is 0. The van der Waals surface area contributed by atoms with Gasteiger partial charge in [0.15, 0.2) is 0 Å². The van der Waals surface area contributed by atoms with Crippen LogP contribution in [0, 0.1) is 13.8 Å². The van der Waals surface area contributed by atoms with Crippen molar-refractivity contribution < 1.29 is 4.74 Å². The molecule has 0 saturated carbocycles. The van der Waals surface area contributed by atoms with Gasteiger partial charge in [-0.2, -0.15) is 0 Å². The summed E-state index contributed by atoms with van der Waals surface area (Å²) in [4.78, 5) is 3.86. The Labute approximate surface area is 162 Å². The Bertz CT molecular complexity index is 671. The number of rotatable bonds is 8. The summed E-state index contributed by atoms with van der Waals surface area (Å²) in [6, 6.07) is 17.8. The molecule has 4 heteroatoms. The van der Waals surface area contributed by atoms with Gasteiger partial charge < -0.3 is 10.1 Å². The van der Waals surface area contributed by atoms with Crippen LogP contribution in [0.3, 0.4) is 0 Å². The van der Waals surface area contributed by atoms with Gasteiger partial charge in [-0.25, -0.2) is 0 Å². The molecule has 1 saturated heterocycles. The van der Waals surface area contributed by atoms with Gasteiger partial charge in [0.2, 0.25) is 0 Å². The van der Waals surface area contributed by atoms with Crippen LogP contribution in [0.15, 0.2) is 53.4 Å². The van der Waals surface area contributed by atoms with Crippen LogP contribution in [0.25, 0.3) is 0 Å². The first kappa shape index (κ1) is 19.3. The largest absolute Gasteiger partial charge is 0.381 e. The summed E-state index contributed by atoms with van der Waals surface area (Å²) < 4.78 is 5.47. The summed E-state index contributed by atoms with van der Waals surface area (Å²) in [6.07, 6.45) is 1.15. The van der Waals surface area contributed by atoms with Crippen molar-refractivity contribution in [3.63, 3.8) is 0 Å². The first-order valence-electron chi connectivity index (χ1n) is 9.52. The average Bonchev–Trinajstić information content (AvgIpc) is 2.67. The van der Waals surface area contributed by atoms with E-state index in [-0.39, 0.29) is 0 Å². The molecule has 0 aromatic heterocycles. The Kier molecular flexibility index (Phi) is 7.42. The molecule has 0 aliphatic carbocycles. The van der Waals surface area contributed by atoms with Gasteiger partial charge in [-0.05, 0) is 44.0 Å². The maximum atomic E-state index is 5.47. The number of anilines is 1. The number of ether oxygens (including phenoxy) is 1. The smallest absolute Gasteiger partial charge is 0.0594 e. The minimum absolute atomic E-state index is 0.449. The van der Waals surface area contributed by atoms with Crippen molar-refractivity contribution in [2.75, 3.05) is 43.9 Å². The highest BCUT2D eigenvalue weighted by atomic mass is 32.2. The molecule has 1 aliphatic rings. The molecule has 0 amide bonds. The van der Waals surface area contributed by atoms with Crippen LogP contribution >= 0.6 is 11.8 Å². The van der Waals surface area contributed by atoms with Crippen LogP contribution in [0.5, 0.6) is 0 Å². The fourth-order valence-electron chi connectivity index (χ4n) is 3.27. The second-order valence-corrected chi connectivity index (χ2v) is 8.12. The van der Waals surface area contributed by atoms with Gasteiger partial charge in [-0.15, -0.1) is 11.8 Å². The maximum absolute atomic E-state index is 5.47. The Hall–Kier alpha value is -1.49. The lowest BCUT2D eigenvalue weighted by Gasteiger charge is -2.29. The Balaban J connectivity index is 1.61. The molecule has 1 atom stereocenters. The van der Waals surface area contributed by atoms with Crippen LogP contribution in [-0.2, 0) is 4.74 Å². The molecule has 1 N–H and O–H groups in total. The van der Waals surface area contributed by atoms with Gasteiger partial charge in [0.1, 0.15) is 0 Å². The van der Waals surface area contributed by atoms with Crippen molar-refractivity contribution in [1.82, 2.24) is 4.90 Å². The van der Waals surface area contributed by atoms with E-state index in [1.54, 1.807) is 0 Å². The van der Waals surface area contributed by atoms with Crippen molar-refractivity contribution in [1.29, 1.82) is 0 Å². The number of morpholine rings is 1. The molecule has 140 valence electrons. The van der Waals surface area contributed by atoms with Gasteiger partial charge in [0.05, 0.1) is 13.2 Å². The van der Waals surface area contributed by atoms with Gasteiger partial charge in [-0.3, -0.25) is 4.90 Å². The second-order valence-electron chi connectivity index (χ2n) is 7.03. The van der Waals surface area contributed by atoms with Crippen LogP contribution in [0.4, 0.5) is 5.69 Å². The summed E-state index contributed by atoms with van der Waals surface area (Å²) in [5.74, 6) is 1.07. The molecule has 0 bridgehead atoms. The number of hydrogen-bond acceptors (Lipinski definition) is 4. The SMILES string of the molecule is Cc1ccc(N[C@H](CCN2CCOCC2)CSc2ccccc2)c(C)c1. The number of nitrogens with one attached hydrogen (secondary N) is 1. The molecule has 1 aliphatic heterocycles. The number of hydrogen-bond donors (Lipinski definition) is 1. The summed E-state index contributed by atoms with van der Waals surface area (Å²) in [5.41, 5.74) is 3.90. The predicted octanol–water partition coefficient (Wildman–Crippen LogP) is 4.60. The normalized spacial score (nSPS) is 16.4. The van der Waals surface area contributed by atoms with E-state index in [0.29, 0.717) is 6.04 Å². The van der Waals surface area contributed by atoms with Crippen LogP contribution in [0.2, 0.25) is 0 Å². The Morgan fingerprint density at radius 2 is 1.85 bits per heavy atom. The zero-order valence-electron chi connectivity index (χ0n) is 15.9. The number of thioether (sulfide) groups is 1. The van der Waals surface area contributed by atoms with Gasteiger partial charge in [0, 0.05) is 42.0 Å². The third-order valence-corrected chi connectivity index (χ3v) is 6.01. The van der Waals surface area contributed by atoms with Crippen LogP contribution in [-0.4, -0.2) is 49.5 Å². The van der Waals surface area contributed by atoms with Gasteiger partial charge >= 0.3 is 0 Å². The molecule has 0 unspecified atom stereocenters. The fourth-order valence-corrected chi connectivity index (χ4v) is 4.26. The zero-order chi connectivity index (χ0) is 18.2. The standard InChI is InChI=1S/C22H30N2OS/c1-18-8-9-22(19(2)16-18)23-20(10-11-24-12-14-25-15-13-24)17-26-21-6-4-3-5-7-21/h3-9,16,20,23H,10-15,17H2,1-2H3/t20-/m1/s1. The molecule has 2 aromatic rings. The van der Waals surface area contributed by atoms with Crippen LogP contribution < -0.4 is 5.32 Å². The van der Waals surface area contributed by atoms with E-state index < -0.39 is 0 Å². The summed E-state index contributed by atoms with van der Waals surface area (Å²) in [5, 5.41) is 3.81. The Morgan fingerprint density at radius 1 is 1.08 bits per heavy atom. The molecule has 0 spiro atoms. The molecule has 1 fully saturated rings. The van der Waals surface area contributed by atoms with E-state index in [1.165, 1.54) is 21.7 Å². The van der Waals surface area contributed by atoms with E-state index in [4.69, 9.17) is 4.74 Å². The minimum atomic E-state index is 0.449. The molecule has 1 heterocycles. The lowest BCUT2D eigenvalue weighted by molar-refractivity contribution is 0.0370. The van der Waals surface area contributed by atoms with E-state index in [0.717, 1.165) is 45.0 Å². The molecular weight excluding hydrogens is 340 g/mol. The summed E-state index contributed by atoms with van der Waals surface area (Å²) in [6.45, 7) is 9.32. The summed E-state index contributed by atoms with van der Waals surface area (Å²) >= 11 is 1.94. The number of benzene rings is 2. The predicted molar refractivity (Wildman–Crippen MR) is 112 cm³/mol.